The van der Waals surface area contributed by atoms with Crippen molar-refractivity contribution >= 4 is 0 Å². The van der Waals surface area contributed by atoms with Gasteiger partial charge in [-0.25, -0.2) is 0 Å². The van der Waals surface area contributed by atoms with Gasteiger partial charge in [0.05, 0.1) is 12.2 Å². The molecule has 0 aromatic rings. The van der Waals surface area contributed by atoms with Gasteiger partial charge in [-0.05, 0) is 38.5 Å². The molecular formula is C14H25NO2. The molecule has 0 aromatic heterocycles. The van der Waals surface area contributed by atoms with Gasteiger partial charge >= 0.3 is 0 Å². The lowest BCUT2D eigenvalue weighted by atomic mass is 10.1. The van der Waals surface area contributed by atoms with E-state index in [1.54, 1.807) is 0 Å². The Labute approximate surface area is 105 Å². The molecule has 0 N–H and O–H groups in total. The first-order valence-electron chi connectivity index (χ1n) is 7.00. The Balaban J connectivity index is 1.71. The molecule has 0 aromatic carbocycles. The van der Waals surface area contributed by atoms with E-state index in [-0.39, 0.29) is 0 Å². The first kappa shape index (κ1) is 14.5. The van der Waals surface area contributed by atoms with Crippen LogP contribution in [0.25, 0.3) is 0 Å². The van der Waals surface area contributed by atoms with E-state index in [4.69, 9.17) is 14.7 Å². The number of rotatable bonds is 10. The molecule has 17 heavy (non-hydrogen) atoms. The van der Waals surface area contributed by atoms with Gasteiger partial charge in [0, 0.05) is 26.2 Å². The molecule has 98 valence electrons. The fraction of sp³-hybridized carbons (Fsp3) is 0.929. The summed E-state index contributed by atoms with van der Waals surface area (Å²) in [6.07, 6.45) is 10.5. The number of nitrogens with zero attached hydrogens (tertiary/aromatic N) is 1. The van der Waals surface area contributed by atoms with E-state index in [1.165, 1.54) is 19.3 Å². The third-order valence-corrected chi connectivity index (χ3v) is 3.17. The van der Waals surface area contributed by atoms with Crippen LogP contribution < -0.4 is 0 Å². The number of unbranched alkanes of at least 4 members (excludes halogenated alkanes) is 4. The van der Waals surface area contributed by atoms with Crippen molar-refractivity contribution < 1.29 is 9.47 Å². The van der Waals surface area contributed by atoms with Gasteiger partial charge in [0.25, 0.3) is 0 Å². The average molecular weight is 239 g/mol. The van der Waals surface area contributed by atoms with Gasteiger partial charge < -0.3 is 9.47 Å². The quantitative estimate of drug-likeness (QED) is 0.548. The second kappa shape index (κ2) is 10.6. The van der Waals surface area contributed by atoms with Gasteiger partial charge in [-0.1, -0.05) is 12.8 Å². The van der Waals surface area contributed by atoms with Crippen LogP contribution in [0.3, 0.4) is 0 Å². The SMILES string of the molecule is N#CCCCCCCOCCCC1CCCO1. The minimum Gasteiger partial charge on any atom is -0.381 e. The lowest BCUT2D eigenvalue weighted by molar-refractivity contribution is 0.0809. The molecule has 0 spiro atoms. The molecule has 1 fully saturated rings. The van der Waals surface area contributed by atoms with Crippen molar-refractivity contribution in [1.29, 1.82) is 5.26 Å². The third kappa shape index (κ3) is 8.18. The van der Waals surface area contributed by atoms with Crippen molar-refractivity contribution in [3.63, 3.8) is 0 Å². The van der Waals surface area contributed by atoms with Crippen LogP contribution in [-0.2, 0) is 9.47 Å². The van der Waals surface area contributed by atoms with Crippen LogP contribution >= 0.6 is 0 Å². The van der Waals surface area contributed by atoms with Gasteiger partial charge in [-0.2, -0.15) is 5.26 Å². The van der Waals surface area contributed by atoms with E-state index in [9.17, 15) is 0 Å². The second-order valence-electron chi connectivity index (χ2n) is 4.71. The van der Waals surface area contributed by atoms with Gasteiger partial charge in [-0.3, -0.25) is 0 Å². The summed E-state index contributed by atoms with van der Waals surface area (Å²) in [6, 6.07) is 2.17. The summed E-state index contributed by atoms with van der Waals surface area (Å²) in [7, 11) is 0. The Kier molecular flexibility index (Phi) is 8.99. The van der Waals surface area contributed by atoms with Gasteiger partial charge in [0.1, 0.15) is 0 Å². The maximum Gasteiger partial charge on any atom is 0.0621 e. The molecule has 0 amide bonds. The lowest BCUT2D eigenvalue weighted by Crippen LogP contribution is -2.06. The highest BCUT2D eigenvalue weighted by Gasteiger charge is 2.14. The molecule has 3 heteroatoms. The summed E-state index contributed by atoms with van der Waals surface area (Å²) in [5.41, 5.74) is 0. The van der Waals surface area contributed by atoms with E-state index in [0.29, 0.717) is 12.5 Å². The zero-order valence-corrected chi connectivity index (χ0v) is 10.8. The predicted octanol–water partition coefficient (Wildman–Crippen LogP) is 3.44. The smallest absolute Gasteiger partial charge is 0.0621 e. The molecule has 0 radical (unpaired) electrons. The van der Waals surface area contributed by atoms with E-state index in [0.717, 1.165) is 51.9 Å². The van der Waals surface area contributed by atoms with Crippen LogP contribution in [0, 0.1) is 11.3 Å². The maximum absolute atomic E-state index is 8.37. The zero-order chi connectivity index (χ0) is 12.2. The van der Waals surface area contributed by atoms with Crippen LogP contribution in [-0.4, -0.2) is 25.9 Å². The van der Waals surface area contributed by atoms with Crippen molar-refractivity contribution in [3.05, 3.63) is 0 Å². The molecule has 1 heterocycles. The fourth-order valence-electron chi connectivity index (χ4n) is 2.15. The molecule has 1 atom stereocenters. The van der Waals surface area contributed by atoms with E-state index < -0.39 is 0 Å². The summed E-state index contributed by atoms with van der Waals surface area (Å²) in [5.74, 6) is 0. The van der Waals surface area contributed by atoms with Crippen molar-refractivity contribution in [2.24, 2.45) is 0 Å². The molecule has 1 rings (SSSR count). The van der Waals surface area contributed by atoms with Crippen LogP contribution in [0.5, 0.6) is 0 Å². The normalized spacial score (nSPS) is 19.4. The lowest BCUT2D eigenvalue weighted by Gasteiger charge is -2.09. The van der Waals surface area contributed by atoms with Gasteiger partial charge in [-0.15, -0.1) is 0 Å². The van der Waals surface area contributed by atoms with Crippen LogP contribution in [0.15, 0.2) is 0 Å². The van der Waals surface area contributed by atoms with Crippen molar-refractivity contribution in [3.8, 4) is 6.07 Å². The van der Waals surface area contributed by atoms with Crippen LogP contribution in [0.2, 0.25) is 0 Å². The Morgan fingerprint density at radius 3 is 2.71 bits per heavy atom. The molecule has 1 aliphatic heterocycles. The summed E-state index contributed by atoms with van der Waals surface area (Å²) >= 11 is 0. The highest BCUT2D eigenvalue weighted by molar-refractivity contribution is 4.67. The monoisotopic (exact) mass is 239 g/mol. The molecular weight excluding hydrogens is 214 g/mol. The Hall–Kier alpha value is -0.590. The Bertz CT molecular complexity index is 207. The number of hydrogen-bond acceptors (Lipinski definition) is 3. The standard InChI is InChI=1S/C14H25NO2/c15-10-4-2-1-3-5-11-16-12-6-8-14-9-7-13-17-14/h14H,1-9,11-13H2. The van der Waals surface area contributed by atoms with Crippen LogP contribution in [0.4, 0.5) is 0 Å². The van der Waals surface area contributed by atoms with Crippen LogP contribution in [0.1, 0.15) is 57.8 Å². The maximum atomic E-state index is 8.37. The summed E-state index contributed by atoms with van der Waals surface area (Å²) in [4.78, 5) is 0. The number of hydrogen-bond donors (Lipinski definition) is 0. The minimum absolute atomic E-state index is 0.504. The first-order valence-corrected chi connectivity index (χ1v) is 7.00. The highest BCUT2D eigenvalue weighted by atomic mass is 16.5. The molecule has 0 bridgehead atoms. The van der Waals surface area contributed by atoms with E-state index in [2.05, 4.69) is 6.07 Å². The van der Waals surface area contributed by atoms with Crippen molar-refractivity contribution in [2.75, 3.05) is 19.8 Å². The highest BCUT2D eigenvalue weighted by Crippen LogP contribution is 2.16. The second-order valence-corrected chi connectivity index (χ2v) is 4.71. The predicted molar refractivity (Wildman–Crippen MR) is 67.7 cm³/mol. The number of ether oxygens (including phenoxy) is 2. The van der Waals surface area contributed by atoms with Crippen molar-refractivity contribution in [2.45, 2.75) is 63.9 Å². The average Bonchev–Trinajstić information content (AvgIpc) is 2.85. The molecule has 1 saturated heterocycles. The molecule has 0 aliphatic carbocycles. The minimum atomic E-state index is 0.504. The van der Waals surface area contributed by atoms with E-state index >= 15 is 0 Å². The van der Waals surface area contributed by atoms with Gasteiger partial charge in [0.2, 0.25) is 0 Å². The van der Waals surface area contributed by atoms with E-state index in [1.807, 2.05) is 0 Å². The zero-order valence-electron chi connectivity index (χ0n) is 10.8. The topological polar surface area (TPSA) is 42.2 Å². The Morgan fingerprint density at radius 1 is 1.12 bits per heavy atom. The summed E-state index contributed by atoms with van der Waals surface area (Å²) in [5, 5.41) is 8.37. The van der Waals surface area contributed by atoms with Crippen molar-refractivity contribution in [1.82, 2.24) is 0 Å². The Morgan fingerprint density at radius 2 is 1.94 bits per heavy atom. The molecule has 0 saturated carbocycles. The fourth-order valence-corrected chi connectivity index (χ4v) is 2.15. The summed E-state index contributed by atoms with van der Waals surface area (Å²) in [6.45, 7) is 2.70. The molecule has 1 aliphatic rings. The largest absolute Gasteiger partial charge is 0.381 e. The number of nitriles is 1. The van der Waals surface area contributed by atoms with Gasteiger partial charge in [0.15, 0.2) is 0 Å². The molecule has 1 unspecified atom stereocenters. The third-order valence-electron chi connectivity index (χ3n) is 3.17. The molecule has 3 nitrogen and oxygen atoms in total. The first-order chi connectivity index (χ1) is 8.43. The summed E-state index contributed by atoms with van der Waals surface area (Å²) < 4.78 is 11.1.